The summed E-state index contributed by atoms with van der Waals surface area (Å²) in [6.07, 6.45) is 2.83. The second-order valence-corrected chi connectivity index (χ2v) is 10.7. The molecule has 0 saturated heterocycles. The van der Waals surface area contributed by atoms with Gasteiger partial charge in [-0.25, -0.2) is 8.42 Å². The van der Waals surface area contributed by atoms with E-state index in [0.29, 0.717) is 5.69 Å². The first-order valence-electron chi connectivity index (χ1n) is 11.3. The lowest BCUT2D eigenvalue weighted by molar-refractivity contribution is -0.120. The highest BCUT2D eigenvalue weighted by Gasteiger charge is 2.30. The van der Waals surface area contributed by atoms with Crippen LogP contribution in [-0.2, 0) is 21.2 Å². The highest BCUT2D eigenvalue weighted by Crippen LogP contribution is 2.31. The van der Waals surface area contributed by atoms with Gasteiger partial charge in [-0.15, -0.1) is 0 Å². The summed E-state index contributed by atoms with van der Waals surface area (Å²) in [4.78, 5) is 13.4. The molecule has 4 rings (SSSR count). The predicted octanol–water partition coefficient (Wildman–Crippen LogP) is 5.00. The molecule has 5 nitrogen and oxygen atoms in total. The zero-order valence-corrected chi connectivity index (χ0v) is 20.2. The highest BCUT2D eigenvalue weighted by molar-refractivity contribution is 7.92. The van der Waals surface area contributed by atoms with Crippen LogP contribution in [0.25, 0.3) is 0 Å². The Morgan fingerprint density at radius 1 is 0.970 bits per heavy atom. The zero-order chi connectivity index (χ0) is 23.6. The van der Waals surface area contributed by atoms with Gasteiger partial charge in [0.05, 0.1) is 16.6 Å². The van der Waals surface area contributed by atoms with Crippen LogP contribution in [-0.4, -0.2) is 20.9 Å². The number of sulfonamides is 1. The number of hydrogen-bond acceptors (Lipinski definition) is 3. The van der Waals surface area contributed by atoms with Crippen molar-refractivity contribution in [3.05, 3.63) is 94.5 Å². The lowest BCUT2D eigenvalue weighted by Crippen LogP contribution is -2.42. The number of nitrogens with one attached hydrogen (secondary N) is 1. The van der Waals surface area contributed by atoms with Crippen molar-refractivity contribution in [2.45, 2.75) is 51.0 Å². The molecule has 0 heterocycles. The standard InChI is InChI=1S/C27H30N2O3S/c1-19-11-14-23(15-12-19)33(31,32)29(26-16-13-20(2)17-21(26)3)18-27(30)28-25-10-6-8-22-7-4-5-9-24(22)25/h4-5,7,9,11-17,25H,6,8,10,18H2,1-3H3,(H,28,30)/t25-/m0/s1. The third-order valence-electron chi connectivity index (χ3n) is 6.22. The second-order valence-electron chi connectivity index (χ2n) is 8.83. The first-order chi connectivity index (χ1) is 15.8. The van der Waals surface area contributed by atoms with Gasteiger partial charge in [-0.1, -0.05) is 59.7 Å². The first kappa shape index (κ1) is 23.1. The van der Waals surface area contributed by atoms with Crippen LogP contribution in [0.5, 0.6) is 0 Å². The molecule has 1 N–H and O–H groups in total. The van der Waals surface area contributed by atoms with Gasteiger partial charge in [0, 0.05) is 0 Å². The monoisotopic (exact) mass is 462 g/mol. The lowest BCUT2D eigenvalue weighted by atomic mass is 9.88. The van der Waals surface area contributed by atoms with E-state index in [2.05, 4.69) is 11.4 Å². The molecule has 1 aliphatic carbocycles. The van der Waals surface area contributed by atoms with E-state index in [-0.39, 0.29) is 23.4 Å². The van der Waals surface area contributed by atoms with Crippen LogP contribution >= 0.6 is 0 Å². The Bertz CT molecular complexity index is 1270. The number of carbonyl (C=O) groups excluding carboxylic acids is 1. The minimum atomic E-state index is -3.93. The quantitative estimate of drug-likeness (QED) is 0.561. The summed E-state index contributed by atoms with van der Waals surface area (Å²) in [6.45, 7) is 5.46. The van der Waals surface area contributed by atoms with E-state index in [1.807, 2.05) is 51.1 Å². The van der Waals surface area contributed by atoms with Crippen molar-refractivity contribution < 1.29 is 13.2 Å². The van der Waals surface area contributed by atoms with Crippen molar-refractivity contribution >= 4 is 21.6 Å². The van der Waals surface area contributed by atoms with Gasteiger partial charge in [0.2, 0.25) is 5.91 Å². The van der Waals surface area contributed by atoms with Crippen LogP contribution in [0.4, 0.5) is 5.69 Å². The van der Waals surface area contributed by atoms with E-state index in [1.165, 1.54) is 9.87 Å². The molecule has 0 fully saturated rings. The van der Waals surface area contributed by atoms with E-state index < -0.39 is 10.0 Å². The SMILES string of the molecule is Cc1ccc(S(=O)(=O)N(CC(=O)N[C@H]2CCCc3ccccc32)c2ccc(C)cc2C)cc1. The van der Waals surface area contributed by atoms with E-state index in [4.69, 9.17) is 0 Å². The molecule has 172 valence electrons. The average molecular weight is 463 g/mol. The van der Waals surface area contributed by atoms with Crippen molar-refractivity contribution in [2.75, 3.05) is 10.8 Å². The van der Waals surface area contributed by atoms with Gasteiger partial charge in [-0.2, -0.15) is 0 Å². The topological polar surface area (TPSA) is 66.5 Å². The number of fused-ring (bicyclic) bond motifs is 1. The van der Waals surface area contributed by atoms with Gasteiger partial charge >= 0.3 is 0 Å². The molecule has 0 saturated carbocycles. The number of rotatable bonds is 6. The molecule has 6 heteroatoms. The Hall–Kier alpha value is -3.12. The van der Waals surface area contributed by atoms with Gasteiger partial charge in [0.15, 0.2) is 0 Å². The fraction of sp³-hybridized carbons (Fsp3) is 0.296. The van der Waals surface area contributed by atoms with Gasteiger partial charge < -0.3 is 5.32 Å². The van der Waals surface area contributed by atoms with Crippen molar-refractivity contribution in [1.29, 1.82) is 0 Å². The maximum absolute atomic E-state index is 13.7. The Morgan fingerprint density at radius 2 is 1.67 bits per heavy atom. The van der Waals surface area contributed by atoms with Gasteiger partial charge in [-0.05, 0) is 74.9 Å². The number of amides is 1. The summed E-state index contributed by atoms with van der Waals surface area (Å²) in [6, 6.07) is 20.3. The molecule has 1 atom stereocenters. The third-order valence-corrected chi connectivity index (χ3v) is 8.00. The van der Waals surface area contributed by atoms with Crippen molar-refractivity contribution in [2.24, 2.45) is 0 Å². The molecule has 1 aliphatic rings. The highest BCUT2D eigenvalue weighted by atomic mass is 32.2. The summed E-state index contributed by atoms with van der Waals surface area (Å²) in [7, 11) is -3.93. The van der Waals surface area contributed by atoms with Crippen molar-refractivity contribution in [3.63, 3.8) is 0 Å². The van der Waals surface area contributed by atoms with Gasteiger partial charge in [0.1, 0.15) is 6.54 Å². The normalized spacial score (nSPS) is 15.5. The maximum Gasteiger partial charge on any atom is 0.264 e. The molecule has 0 spiro atoms. The van der Waals surface area contributed by atoms with Crippen molar-refractivity contribution in [1.82, 2.24) is 5.32 Å². The minimum Gasteiger partial charge on any atom is -0.348 e. The molecule has 3 aromatic rings. The van der Waals surface area contributed by atoms with Crippen LogP contribution in [0.15, 0.2) is 71.6 Å². The molecule has 0 unspecified atom stereocenters. The summed E-state index contributed by atoms with van der Waals surface area (Å²) >= 11 is 0. The van der Waals surface area contributed by atoms with Crippen molar-refractivity contribution in [3.8, 4) is 0 Å². The number of aryl methyl sites for hydroxylation is 4. The molecular formula is C27H30N2O3S. The molecule has 0 aliphatic heterocycles. The van der Waals surface area contributed by atoms with Crippen LogP contribution in [0.3, 0.4) is 0 Å². The number of carbonyl (C=O) groups is 1. The van der Waals surface area contributed by atoms with E-state index >= 15 is 0 Å². The average Bonchev–Trinajstić information content (AvgIpc) is 2.78. The smallest absolute Gasteiger partial charge is 0.264 e. The third kappa shape index (κ3) is 4.96. The Balaban J connectivity index is 1.66. The summed E-state index contributed by atoms with van der Waals surface area (Å²) in [5.41, 5.74) is 5.69. The molecule has 3 aromatic carbocycles. The number of anilines is 1. The molecule has 33 heavy (non-hydrogen) atoms. The fourth-order valence-electron chi connectivity index (χ4n) is 4.50. The second kappa shape index (κ2) is 9.40. The summed E-state index contributed by atoms with van der Waals surface area (Å²) in [5, 5.41) is 3.09. The fourth-order valence-corrected chi connectivity index (χ4v) is 5.98. The lowest BCUT2D eigenvalue weighted by Gasteiger charge is -2.29. The largest absolute Gasteiger partial charge is 0.348 e. The Labute approximate surface area is 196 Å². The zero-order valence-electron chi connectivity index (χ0n) is 19.3. The number of benzene rings is 3. The molecule has 0 aromatic heterocycles. The minimum absolute atomic E-state index is 0.106. The van der Waals surface area contributed by atoms with Crippen LogP contribution < -0.4 is 9.62 Å². The first-order valence-corrected chi connectivity index (χ1v) is 12.7. The maximum atomic E-state index is 13.7. The molecule has 0 bridgehead atoms. The summed E-state index contributed by atoms with van der Waals surface area (Å²) < 4.78 is 28.5. The van der Waals surface area contributed by atoms with Crippen LogP contribution in [0, 0.1) is 20.8 Å². The number of hydrogen-bond donors (Lipinski definition) is 1. The Morgan fingerprint density at radius 3 is 2.39 bits per heavy atom. The summed E-state index contributed by atoms with van der Waals surface area (Å²) in [5.74, 6) is -0.313. The number of nitrogens with zero attached hydrogens (tertiary/aromatic N) is 1. The van der Waals surface area contributed by atoms with Crippen LogP contribution in [0.2, 0.25) is 0 Å². The molecule has 0 radical (unpaired) electrons. The van der Waals surface area contributed by atoms with E-state index in [1.54, 1.807) is 30.3 Å². The predicted molar refractivity (Wildman–Crippen MR) is 132 cm³/mol. The van der Waals surface area contributed by atoms with E-state index in [0.717, 1.165) is 41.5 Å². The van der Waals surface area contributed by atoms with Gasteiger partial charge in [0.25, 0.3) is 10.0 Å². The molecular weight excluding hydrogens is 432 g/mol. The van der Waals surface area contributed by atoms with Crippen LogP contribution in [0.1, 0.15) is 46.7 Å². The van der Waals surface area contributed by atoms with E-state index in [9.17, 15) is 13.2 Å². The Kier molecular flexibility index (Phi) is 6.56. The molecule has 1 amide bonds. The van der Waals surface area contributed by atoms with Gasteiger partial charge in [-0.3, -0.25) is 9.10 Å².